The van der Waals surface area contributed by atoms with Crippen LogP contribution < -0.4 is 4.74 Å². The molecular formula is C23H27N3O3. The summed E-state index contributed by atoms with van der Waals surface area (Å²) < 4.78 is 5.26. The van der Waals surface area contributed by atoms with Gasteiger partial charge in [0.15, 0.2) is 0 Å². The molecule has 0 aliphatic carbocycles. The first kappa shape index (κ1) is 19.5. The van der Waals surface area contributed by atoms with Crippen LogP contribution in [0.2, 0.25) is 0 Å². The van der Waals surface area contributed by atoms with Gasteiger partial charge in [-0.1, -0.05) is 42.5 Å². The van der Waals surface area contributed by atoms with Crippen molar-refractivity contribution in [3.8, 4) is 5.75 Å². The van der Waals surface area contributed by atoms with Gasteiger partial charge in [0.1, 0.15) is 11.3 Å². The highest BCUT2D eigenvalue weighted by atomic mass is 16.5. The second kappa shape index (κ2) is 7.87. The van der Waals surface area contributed by atoms with Crippen LogP contribution in [0.5, 0.6) is 5.75 Å². The summed E-state index contributed by atoms with van der Waals surface area (Å²) in [6.07, 6.45) is 1.32. The van der Waals surface area contributed by atoms with Crippen molar-refractivity contribution in [1.82, 2.24) is 14.7 Å². The van der Waals surface area contributed by atoms with E-state index in [9.17, 15) is 9.59 Å². The number of likely N-dealkylation sites (tertiary alicyclic amines) is 1. The van der Waals surface area contributed by atoms with Crippen LogP contribution in [0.3, 0.4) is 0 Å². The number of ether oxygens (including phenoxy) is 1. The van der Waals surface area contributed by atoms with Crippen molar-refractivity contribution < 1.29 is 14.3 Å². The number of imide groups is 1. The lowest BCUT2D eigenvalue weighted by atomic mass is 9.86. The van der Waals surface area contributed by atoms with Gasteiger partial charge in [0.05, 0.1) is 13.7 Å². The molecule has 2 fully saturated rings. The average Bonchev–Trinajstić information content (AvgIpc) is 2.92. The highest BCUT2D eigenvalue weighted by Gasteiger charge is 2.56. The SMILES string of the molecule is COc1cccc(CN2C(=O)N(C)C3(CCN(Cc4ccccc4)CC3)C2=O)c1. The molecule has 0 radical (unpaired) electrons. The van der Waals surface area contributed by atoms with Gasteiger partial charge in [0, 0.05) is 26.7 Å². The lowest BCUT2D eigenvalue weighted by Gasteiger charge is -2.40. The summed E-state index contributed by atoms with van der Waals surface area (Å²) in [4.78, 5) is 31.7. The first-order chi connectivity index (χ1) is 14.0. The van der Waals surface area contributed by atoms with Crippen LogP contribution in [0.25, 0.3) is 0 Å². The van der Waals surface area contributed by atoms with E-state index in [1.807, 2.05) is 42.5 Å². The Morgan fingerprint density at radius 1 is 0.931 bits per heavy atom. The maximum absolute atomic E-state index is 13.3. The molecule has 2 aromatic carbocycles. The summed E-state index contributed by atoms with van der Waals surface area (Å²) in [5.74, 6) is 0.645. The number of methoxy groups -OCH3 is 1. The summed E-state index contributed by atoms with van der Waals surface area (Å²) in [5, 5.41) is 0. The van der Waals surface area contributed by atoms with Crippen molar-refractivity contribution in [2.75, 3.05) is 27.2 Å². The third kappa shape index (κ3) is 3.60. The molecule has 0 unspecified atom stereocenters. The van der Waals surface area contributed by atoms with E-state index >= 15 is 0 Å². The van der Waals surface area contributed by atoms with E-state index in [4.69, 9.17) is 4.74 Å². The van der Waals surface area contributed by atoms with Crippen LogP contribution in [0.15, 0.2) is 54.6 Å². The molecule has 6 nitrogen and oxygen atoms in total. The first-order valence-electron chi connectivity index (χ1n) is 10.0. The van der Waals surface area contributed by atoms with Crippen molar-refractivity contribution in [3.63, 3.8) is 0 Å². The second-order valence-corrected chi connectivity index (χ2v) is 7.88. The Labute approximate surface area is 171 Å². The molecule has 0 atom stereocenters. The molecule has 6 heteroatoms. The number of hydrogen-bond donors (Lipinski definition) is 0. The van der Waals surface area contributed by atoms with E-state index in [-0.39, 0.29) is 18.5 Å². The van der Waals surface area contributed by atoms with Crippen molar-refractivity contribution in [2.45, 2.75) is 31.5 Å². The number of amides is 3. The lowest BCUT2D eigenvalue weighted by molar-refractivity contribution is -0.135. The molecule has 0 bridgehead atoms. The minimum absolute atomic E-state index is 0.0767. The molecule has 29 heavy (non-hydrogen) atoms. The summed E-state index contributed by atoms with van der Waals surface area (Å²) in [5.41, 5.74) is 1.44. The van der Waals surface area contributed by atoms with Crippen molar-refractivity contribution in [1.29, 1.82) is 0 Å². The smallest absolute Gasteiger partial charge is 0.327 e. The molecule has 3 amide bonds. The van der Waals surface area contributed by atoms with Crippen LogP contribution in [-0.4, -0.2) is 59.4 Å². The van der Waals surface area contributed by atoms with E-state index < -0.39 is 5.54 Å². The first-order valence-corrected chi connectivity index (χ1v) is 10.0. The van der Waals surface area contributed by atoms with Gasteiger partial charge in [-0.05, 0) is 36.1 Å². The van der Waals surface area contributed by atoms with Crippen LogP contribution in [0.4, 0.5) is 4.79 Å². The van der Waals surface area contributed by atoms with Crippen molar-refractivity contribution in [2.24, 2.45) is 0 Å². The molecule has 2 saturated heterocycles. The molecule has 4 rings (SSSR count). The number of benzene rings is 2. The standard InChI is InChI=1S/C23H27N3O3/c1-24-22(28)26(17-19-9-6-10-20(15-19)29-2)21(27)23(24)11-13-25(14-12-23)16-18-7-4-3-5-8-18/h3-10,15H,11-14,16-17H2,1-2H3. The predicted molar refractivity (Wildman–Crippen MR) is 110 cm³/mol. The van der Waals surface area contributed by atoms with Gasteiger partial charge in [-0.15, -0.1) is 0 Å². The maximum Gasteiger partial charge on any atom is 0.327 e. The molecule has 2 aliphatic heterocycles. The highest BCUT2D eigenvalue weighted by molar-refractivity contribution is 6.06. The topological polar surface area (TPSA) is 53.1 Å². The highest BCUT2D eigenvalue weighted by Crippen LogP contribution is 2.37. The molecule has 0 aromatic heterocycles. The van der Waals surface area contributed by atoms with Crippen LogP contribution in [0, 0.1) is 0 Å². The van der Waals surface area contributed by atoms with Gasteiger partial charge < -0.3 is 9.64 Å². The Bertz CT molecular complexity index is 891. The molecule has 0 N–H and O–H groups in total. The van der Waals surface area contributed by atoms with E-state index in [1.165, 1.54) is 10.5 Å². The number of likely N-dealkylation sites (N-methyl/N-ethyl adjacent to an activating group) is 1. The number of carbonyl (C=O) groups is 2. The zero-order valence-electron chi connectivity index (χ0n) is 17.0. The molecule has 2 aliphatic rings. The normalized spacial score (nSPS) is 19.2. The molecule has 2 aromatic rings. The number of hydrogen-bond acceptors (Lipinski definition) is 4. The van der Waals surface area contributed by atoms with Crippen LogP contribution in [0.1, 0.15) is 24.0 Å². The Balaban J connectivity index is 1.46. The zero-order valence-corrected chi connectivity index (χ0v) is 17.0. The fraction of sp³-hybridized carbons (Fsp3) is 0.391. The van der Waals surface area contributed by atoms with Gasteiger partial charge in [-0.2, -0.15) is 0 Å². The fourth-order valence-corrected chi connectivity index (χ4v) is 4.41. The van der Waals surface area contributed by atoms with Gasteiger partial charge >= 0.3 is 6.03 Å². The quantitative estimate of drug-likeness (QED) is 0.733. The predicted octanol–water partition coefficient (Wildman–Crippen LogP) is 3.12. The van der Waals surface area contributed by atoms with E-state index in [0.29, 0.717) is 12.8 Å². The van der Waals surface area contributed by atoms with E-state index in [2.05, 4.69) is 17.0 Å². The van der Waals surface area contributed by atoms with Crippen LogP contribution >= 0.6 is 0 Å². The van der Waals surface area contributed by atoms with Gasteiger partial charge in [0.25, 0.3) is 5.91 Å². The maximum atomic E-state index is 13.3. The Morgan fingerprint density at radius 3 is 2.31 bits per heavy atom. The number of piperidine rings is 1. The van der Waals surface area contributed by atoms with Gasteiger partial charge in [-0.25, -0.2) is 4.79 Å². The summed E-state index contributed by atoms with van der Waals surface area (Å²) in [6, 6.07) is 17.7. The molecule has 2 heterocycles. The number of nitrogens with zero attached hydrogens (tertiary/aromatic N) is 3. The van der Waals surface area contributed by atoms with Crippen LogP contribution in [-0.2, 0) is 17.9 Å². The minimum atomic E-state index is -0.719. The number of urea groups is 1. The third-order valence-corrected chi connectivity index (χ3v) is 6.21. The molecule has 1 spiro atoms. The zero-order chi connectivity index (χ0) is 20.4. The average molecular weight is 393 g/mol. The summed E-state index contributed by atoms with van der Waals surface area (Å²) >= 11 is 0. The Kier molecular flexibility index (Phi) is 5.28. The Hall–Kier alpha value is -2.86. The van der Waals surface area contributed by atoms with E-state index in [0.717, 1.165) is 30.9 Å². The van der Waals surface area contributed by atoms with Gasteiger partial charge in [-0.3, -0.25) is 14.6 Å². The second-order valence-electron chi connectivity index (χ2n) is 7.88. The summed E-state index contributed by atoms with van der Waals surface area (Å²) in [7, 11) is 3.37. The Morgan fingerprint density at radius 2 is 1.62 bits per heavy atom. The molecule has 152 valence electrons. The lowest BCUT2D eigenvalue weighted by Crippen LogP contribution is -2.55. The fourth-order valence-electron chi connectivity index (χ4n) is 4.41. The van der Waals surface area contributed by atoms with E-state index in [1.54, 1.807) is 19.1 Å². The molecule has 0 saturated carbocycles. The number of carbonyl (C=O) groups excluding carboxylic acids is 2. The van der Waals surface area contributed by atoms with Crippen molar-refractivity contribution >= 4 is 11.9 Å². The summed E-state index contributed by atoms with van der Waals surface area (Å²) in [6.45, 7) is 2.74. The minimum Gasteiger partial charge on any atom is -0.497 e. The monoisotopic (exact) mass is 393 g/mol. The van der Waals surface area contributed by atoms with Crippen molar-refractivity contribution in [3.05, 3.63) is 65.7 Å². The largest absolute Gasteiger partial charge is 0.497 e. The molecular weight excluding hydrogens is 366 g/mol. The number of rotatable bonds is 5. The third-order valence-electron chi connectivity index (χ3n) is 6.21. The van der Waals surface area contributed by atoms with Gasteiger partial charge in [0.2, 0.25) is 0 Å².